The number of hydrogen-bond acceptors (Lipinski definition) is 3. The van der Waals surface area contributed by atoms with Crippen LogP contribution in [-0.2, 0) is 0 Å². The quantitative estimate of drug-likeness (QED) is 0.653. The molecule has 0 aromatic carbocycles. The minimum atomic E-state index is 0.598. The van der Waals surface area contributed by atoms with E-state index in [2.05, 4.69) is 49.1 Å². The summed E-state index contributed by atoms with van der Waals surface area (Å²) < 4.78 is 0. The molecule has 0 aromatic heterocycles. The first kappa shape index (κ1) is 17.4. The smallest absolute Gasteiger partial charge is 0.0993 e. The number of rotatable bonds is 9. The Morgan fingerprint density at radius 2 is 1.90 bits per heavy atom. The van der Waals surface area contributed by atoms with Crippen LogP contribution in [0, 0.1) is 0 Å². The van der Waals surface area contributed by atoms with Gasteiger partial charge in [-0.05, 0) is 25.8 Å². The molecule has 0 spiro atoms. The van der Waals surface area contributed by atoms with E-state index in [0.29, 0.717) is 6.04 Å². The summed E-state index contributed by atoms with van der Waals surface area (Å²) in [5, 5.41) is 3.51. The minimum Gasteiger partial charge on any atom is -0.365 e. The molecule has 0 aliphatic carbocycles. The number of nitrogens with zero attached hydrogens (tertiary/aromatic N) is 2. The molecule has 3 heteroatoms. The van der Waals surface area contributed by atoms with Gasteiger partial charge in [-0.1, -0.05) is 39.0 Å². The summed E-state index contributed by atoms with van der Waals surface area (Å²) in [6, 6.07) is 0.598. The molecule has 1 rings (SSSR count). The highest BCUT2D eigenvalue weighted by Crippen LogP contribution is 2.14. The largest absolute Gasteiger partial charge is 0.365 e. The van der Waals surface area contributed by atoms with Gasteiger partial charge in [0.05, 0.1) is 5.82 Å². The average Bonchev–Trinajstić information content (AvgIpc) is 2.41. The van der Waals surface area contributed by atoms with Crippen LogP contribution in [0.4, 0.5) is 0 Å². The van der Waals surface area contributed by atoms with Crippen molar-refractivity contribution < 1.29 is 0 Å². The molecule has 1 N–H and O–H groups in total. The molecule has 0 aromatic rings. The molecule has 0 amide bonds. The number of hydrogen-bond donors (Lipinski definition) is 1. The Hall–Kier alpha value is -0.700. The third-order valence-electron chi connectivity index (χ3n) is 4.04. The molecule has 3 nitrogen and oxygen atoms in total. The van der Waals surface area contributed by atoms with Gasteiger partial charge in [-0.15, -0.1) is 0 Å². The fourth-order valence-corrected chi connectivity index (χ4v) is 2.89. The maximum absolute atomic E-state index is 3.51. The van der Waals surface area contributed by atoms with E-state index >= 15 is 0 Å². The molecule has 118 valence electrons. The van der Waals surface area contributed by atoms with E-state index in [-0.39, 0.29) is 0 Å². The van der Waals surface area contributed by atoms with Gasteiger partial charge in [0.1, 0.15) is 0 Å². The Morgan fingerprint density at radius 3 is 2.55 bits per heavy atom. The monoisotopic (exact) mass is 281 g/mol. The Kier molecular flexibility index (Phi) is 8.75. The zero-order valence-electron chi connectivity index (χ0n) is 14.1. The maximum Gasteiger partial charge on any atom is 0.0993 e. The average molecular weight is 281 g/mol. The van der Waals surface area contributed by atoms with Crippen LogP contribution in [0.2, 0.25) is 0 Å². The summed E-state index contributed by atoms with van der Waals surface area (Å²) in [5.74, 6) is 1.41. The first-order chi connectivity index (χ1) is 9.65. The van der Waals surface area contributed by atoms with Gasteiger partial charge in [0, 0.05) is 39.8 Å². The van der Waals surface area contributed by atoms with E-state index in [9.17, 15) is 0 Å². The molecular weight excluding hydrogens is 246 g/mol. The predicted octanol–water partition coefficient (Wildman–Crippen LogP) is 3.43. The lowest BCUT2D eigenvalue weighted by Gasteiger charge is -2.38. The molecule has 1 aliphatic rings. The van der Waals surface area contributed by atoms with E-state index in [4.69, 9.17) is 0 Å². The molecule has 1 fully saturated rings. The zero-order chi connectivity index (χ0) is 14.8. The predicted molar refractivity (Wildman–Crippen MR) is 88.8 cm³/mol. The van der Waals surface area contributed by atoms with Crippen LogP contribution < -0.4 is 5.32 Å². The second-order valence-electron chi connectivity index (χ2n) is 6.31. The van der Waals surface area contributed by atoms with Crippen molar-refractivity contribution in [2.24, 2.45) is 0 Å². The number of piperazine rings is 1. The van der Waals surface area contributed by atoms with Gasteiger partial charge in [0.2, 0.25) is 0 Å². The normalized spacial score (nSPS) is 20.3. The molecule has 1 atom stereocenters. The highest BCUT2D eigenvalue weighted by molar-refractivity contribution is 5.01. The Balaban J connectivity index is 2.31. The topological polar surface area (TPSA) is 18.5 Å². The van der Waals surface area contributed by atoms with Gasteiger partial charge in [-0.25, -0.2) is 0 Å². The molecule has 0 radical (unpaired) electrons. The standard InChI is InChI=1S/C17H35N3/c1-5-6-7-8-9-10-11-12-17(19(3)4)20-14-13-18-16(2)15-20/h12,16,18H,5-11,13-15H2,1-4H3. The van der Waals surface area contributed by atoms with Crippen molar-refractivity contribution in [1.29, 1.82) is 0 Å². The maximum atomic E-state index is 3.51. The molecule has 0 saturated carbocycles. The summed E-state index contributed by atoms with van der Waals surface area (Å²) in [6.45, 7) is 7.91. The zero-order valence-corrected chi connectivity index (χ0v) is 14.1. The lowest BCUT2D eigenvalue weighted by molar-refractivity contribution is 0.202. The van der Waals surface area contributed by atoms with Gasteiger partial charge < -0.3 is 15.1 Å². The molecule has 1 unspecified atom stereocenters. The first-order valence-electron chi connectivity index (χ1n) is 8.51. The summed E-state index contributed by atoms with van der Waals surface area (Å²) in [4.78, 5) is 4.80. The van der Waals surface area contributed by atoms with Gasteiger partial charge in [-0.2, -0.15) is 0 Å². The van der Waals surface area contributed by atoms with Crippen LogP contribution in [0.5, 0.6) is 0 Å². The Bertz CT molecular complexity index is 273. The number of allylic oxidation sites excluding steroid dienone is 1. The van der Waals surface area contributed by atoms with Gasteiger partial charge in [-0.3, -0.25) is 0 Å². The van der Waals surface area contributed by atoms with Crippen molar-refractivity contribution in [1.82, 2.24) is 15.1 Å². The van der Waals surface area contributed by atoms with Gasteiger partial charge in [0.15, 0.2) is 0 Å². The van der Waals surface area contributed by atoms with Crippen LogP contribution in [0.3, 0.4) is 0 Å². The third kappa shape index (κ3) is 6.65. The van der Waals surface area contributed by atoms with E-state index in [0.717, 1.165) is 19.6 Å². The van der Waals surface area contributed by atoms with Crippen LogP contribution in [0.15, 0.2) is 11.9 Å². The van der Waals surface area contributed by atoms with Gasteiger partial charge >= 0.3 is 0 Å². The molecule has 1 heterocycles. The summed E-state index contributed by atoms with van der Waals surface area (Å²) in [5.41, 5.74) is 0. The number of unbranched alkanes of at least 4 members (excludes halogenated alkanes) is 6. The van der Waals surface area contributed by atoms with Gasteiger partial charge in [0.25, 0.3) is 0 Å². The third-order valence-corrected chi connectivity index (χ3v) is 4.04. The first-order valence-corrected chi connectivity index (χ1v) is 8.51. The van der Waals surface area contributed by atoms with E-state index in [1.807, 2.05) is 0 Å². The summed E-state index contributed by atoms with van der Waals surface area (Å²) >= 11 is 0. The molecule has 1 saturated heterocycles. The second-order valence-corrected chi connectivity index (χ2v) is 6.31. The minimum absolute atomic E-state index is 0.598. The van der Waals surface area contributed by atoms with Crippen molar-refractivity contribution in [3.8, 4) is 0 Å². The van der Waals surface area contributed by atoms with Crippen LogP contribution in [-0.4, -0.2) is 49.6 Å². The highest BCUT2D eigenvalue weighted by Gasteiger charge is 2.18. The fraction of sp³-hybridized carbons (Fsp3) is 0.882. The van der Waals surface area contributed by atoms with Crippen molar-refractivity contribution in [2.45, 2.75) is 64.8 Å². The van der Waals surface area contributed by atoms with Crippen LogP contribution in [0.25, 0.3) is 0 Å². The van der Waals surface area contributed by atoms with Crippen LogP contribution >= 0.6 is 0 Å². The lowest BCUT2D eigenvalue weighted by atomic mass is 10.1. The molecular formula is C17H35N3. The lowest BCUT2D eigenvalue weighted by Crippen LogP contribution is -2.50. The number of nitrogens with one attached hydrogen (secondary N) is 1. The Morgan fingerprint density at radius 1 is 1.20 bits per heavy atom. The van der Waals surface area contributed by atoms with Crippen LogP contribution in [0.1, 0.15) is 58.8 Å². The fourth-order valence-electron chi connectivity index (χ4n) is 2.89. The molecule has 20 heavy (non-hydrogen) atoms. The van der Waals surface area contributed by atoms with Crippen molar-refractivity contribution >= 4 is 0 Å². The second kappa shape index (κ2) is 10.1. The van der Waals surface area contributed by atoms with E-state index < -0.39 is 0 Å². The van der Waals surface area contributed by atoms with Crippen molar-refractivity contribution in [3.63, 3.8) is 0 Å². The molecule has 1 aliphatic heterocycles. The van der Waals surface area contributed by atoms with Crippen molar-refractivity contribution in [3.05, 3.63) is 11.9 Å². The SMILES string of the molecule is CCCCCCCCC=C(N(C)C)N1CCNC(C)C1. The highest BCUT2D eigenvalue weighted by atomic mass is 15.3. The van der Waals surface area contributed by atoms with Crippen molar-refractivity contribution in [2.75, 3.05) is 33.7 Å². The van der Waals surface area contributed by atoms with E-state index in [1.165, 1.54) is 50.8 Å². The molecule has 0 bridgehead atoms. The summed E-state index contributed by atoms with van der Waals surface area (Å²) in [6.07, 6.45) is 11.9. The Labute approximate surface area is 126 Å². The van der Waals surface area contributed by atoms with E-state index in [1.54, 1.807) is 0 Å². The summed E-state index contributed by atoms with van der Waals surface area (Å²) in [7, 11) is 4.33.